The Balaban J connectivity index is 4.44. The Hall–Kier alpha value is -0.530. The summed E-state index contributed by atoms with van der Waals surface area (Å²) < 4.78 is 0. The third-order valence-corrected chi connectivity index (χ3v) is 1.51. The minimum atomic E-state index is -2.89. The maximum absolute atomic E-state index is 9.90. The molecule has 5 N–H and O–H groups in total. The Morgan fingerprint density at radius 3 is 1.92 bits per heavy atom. The van der Waals surface area contributed by atoms with Crippen molar-refractivity contribution < 1.29 is 30.3 Å². The number of aliphatic hydroxyl groups is 5. The second kappa shape index (κ2) is 3.92. The summed E-state index contributed by atoms with van der Waals surface area (Å²) in [6, 6.07) is 0. The summed E-state index contributed by atoms with van der Waals surface area (Å²) in [4.78, 5) is 9.90. The fourth-order valence-corrected chi connectivity index (χ4v) is 0.573. The SMILES string of the molecule is C[C@H](O)C(O)(O)[C@@H](O)[C@H](O)C=O. The van der Waals surface area contributed by atoms with Crippen molar-refractivity contribution in [2.75, 3.05) is 0 Å². The molecule has 0 fully saturated rings. The molecule has 0 rings (SSSR count). The zero-order valence-electron chi connectivity index (χ0n) is 6.45. The van der Waals surface area contributed by atoms with Gasteiger partial charge in [-0.1, -0.05) is 0 Å². The van der Waals surface area contributed by atoms with Gasteiger partial charge in [-0.25, -0.2) is 0 Å². The number of hydrogen-bond donors (Lipinski definition) is 5. The maximum atomic E-state index is 9.90. The molecular formula is C6H12O6. The van der Waals surface area contributed by atoms with Crippen LogP contribution in [0.2, 0.25) is 0 Å². The van der Waals surface area contributed by atoms with Crippen molar-refractivity contribution in [3.63, 3.8) is 0 Å². The second-order valence-corrected chi connectivity index (χ2v) is 2.53. The Kier molecular flexibility index (Phi) is 3.75. The molecule has 0 saturated carbocycles. The summed E-state index contributed by atoms with van der Waals surface area (Å²) in [5.74, 6) is -2.89. The van der Waals surface area contributed by atoms with Gasteiger partial charge in [0.15, 0.2) is 6.29 Å². The van der Waals surface area contributed by atoms with Crippen molar-refractivity contribution in [2.24, 2.45) is 0 Å². The first kappa shape index (κ1) is 11.5. The minimum Gasteiger partial charge on any atom is -0.388 e. The Bertz CT molecular complexity index is 154. The maximum Gasteiger partial charge on any atom is 0.219 e. The topological polar surface area (TPSA) is 118 Å². The summed E-state index contributed by atoms with van der Waals surface area (Å²) in [5.41, 5.74) is 0. The van der Waals surface area contributed by atoms with Crippen LogP contribution in [0.25, 0.3) is 0 Å². The minimum absolute atomic E-state index is 0.0613. The van der Waals surface area contributed by atoms with E-state index in [1.165, 1.54) is 0 Å². The zero-order chi connectivity index (χ0) is 9.94. The Morgan fingerprint density at radius 2 is 1.67 bits per heavy atom. The van der Waals surface area contributed by atoms with E-state index >= 15 is 0 Å². The van der Waals surface area contributed by atoms with E-state index in [-0.39, 0.29) is 6.29 Å². The van der Waals surface area contributed by atoms with Crippen LogP contribution in [0.5, 0.6) is 0 Å². The average molecular weight is 180 g/mol. The molecule has 6 nitrogen and oxygen atoms in total. The molecule has 12 heavy (non-hydrogen) atoms. The van der Waals surface area contributed by atoms with Crippen LogP contribution in [0, 0.1) is 0 Å². The lowest BCUT2D eigenvalue weighted by Crippen LogP contribution is -2.56. The van der Waals surface area contributed by atoms with Gasteiger partial charge in [0, 0.05) is 0 Å². The molecule has 0 aliphatic rings. The second-order valence-electron chi connectivity index (χ2n) is 2.53. The first-order valence-corrected chi connectivity index (χ1v) is 3.28. The van der Waals surface area contributed by atoms with E-state index in [1.807, 2.05) is 0 Å². The highest BCUT2D eigenvalue weighted by Gasteiger charge is 2.42. The van der Waals surface area contributed by atoms with Gasteiger partial charge in [-0.05, 0) is 6.92 Å². The Labute approximate surface area is 68.7 Å². The third kappa shape index (κ3) is 2.23. The molecule has 72 valence electrons. The standard InChI is InChI=1S/C6H12O6/c1-3(8)6(11,12)5(10)4(9)2-7/h2-5,8-12H,1H3/t3-,4+,5-/m0/s1. The lowest BCUT2D eigenvalue weighted by Gasteiger charge is -2.30. The van der Waals surface area contributed by atoms with Gasteiger partial charge < -0.3 is 30.3 Å². The normalized spacial score (nSPS) is 19.8. The van der Waals surface area contributed by atoms with E-state index in [0.29, 0.717) is 0 Å². The lowest BCUT2D eigenvalue weighted by molar-refractivity contribution is -0.283. The van der Waals surface area contributed by atoms with Crippen LogP contribution in [-0.2, 0) is 4.79 Å². The average Bonchev–Trinajstić information content (AvgIpc) is 2.01. The first-order chi connectivity index (χ1) is 5.34. The number of aldehydes is 1. The molecular weight excluding hydrogens is 168 g/mol. The van der Waals surface area contributed by atoms with Crippen molar-refractivity contribution in [2.45, 2.75) is 31.0 Å². The smallest absolute Gasteiger partial charge is 0.219 e. The van der Waals surface area contributed by atoms with E-state index in [1.54, 1.807) is 0 Å². The van der Waals surface area contributed by atoms with Crippen molar-refractivity contribution in [1.29, 1.82) is 0 Å². The molecule has 0 unspecified atom stereocenters. The van der Waals surface area contributed by atoms with Crippen LogP contribution in [0.3, 0.4) is 0 Å². The highest BCUT2D eigenvalue weighted by molar-refractivity contribution is 5.56. The monoisotopic (exact) mass is 180 g/mol. The number of aliphatic hydroxyl groups excluding tert-OH is 3. The largest absolute Gasteiger partial charge is 0.388 e. The van der Waals surface area contributed by atoms with Gasteiger partial charge in [0.2, 0.25) is 5.79 Å². The van der Waals surface area contributed by atoms with Gasteiger partial charge in [-0.15, -0.1) is 0 Å². The fourth-order valence-electron chi connectivity index (χ4n) is 0.573. The third-order valence-electron chi connectivity index (χ3n) is 1.51. The molecule has 0 aromatic heterocycles. The molecule has 0 radical (unpaired) electrons. The molecule has 0 amide bonds. The molecule has 0 bridgehead atoms. The first-order valence-electron chi connectivity index (χ1n) is 3.28. The van der Waals surface area contributed by atoms with Crippen LogP contribution in [0.1, 0.15) is 6.92 Å². The number of carbonyl (C=O) groups is 1. The van der Waals surface area contributed by atoms with Crippen molar-refractivity contribution in [1.82, 2.24) is 0 Å². The van der Waals surface area contributed by atoms with Crippen molar-refractivity contribution in [3.8, 4) is 0 Å². The molecule has 0 saturated heterocycles. The predicted molar refractivity (Wildman–Crippen MR) is 36.9 cm³/mol. The number of rotatable bonds is 4. The van der Waals surface area contributed by atoms with Gasteiger partial charge >= 0.3 is 0 Å². The summed E-state index contributed by atoms with van der Waals surface area (Å²) in [6.45, 7) is 1.00. The summed E-state index contributed by atoms with van der Waals surface area (Å²) >= 11 is 0. The van der Waals surface area contributed by atoms with Crippen LogP contribution in [-0.4, -0.2) is 55.9 Å². The number of carbonyl (C=O) groups excluding carboxylic acids is 1. The highest BCUT2D eigenvalue weighted by Crippen LogP contribution is 2.14. The van der Waals surface area contributed by atoms with Gasteiger partial charge in [-0.3, -0.25) is 0 Å². The van der Waals surface area contributed by atoms with Crippen LogP contribution in [0.4, 0.5) is 0 Å². The van der Waals surface area contributed by atoms with Gasteiger partial charge in [0.25, 0.3) is 0 Å². The van der Waals surface area contributed by atoms with Crippen molar-refractivity contribution >= 4 is 6.29 Å². The molecule has 6 heteroatoms. The predicted octanol–water partition coefficient (Wildman–Crippen LogP) is -3.03. The molecule has 0 aliphatic carbocycles. The molecule has 0 aromatic rings. The van der Waals surface area contributed by atoms with Crippen molar-refractivity contribution in [3.05, 3.63) is 0 Å². The zero-order valence-corrected chi connectivity index (χ0v) is 6.45. The molecule has 0 spiro atoms. The van der Waals surface area contributed by atoms with Gasteiger partial charge in [-0.2, -0.15) is 0 Å². The molecule has 0 aromatic carbocycles. The van der Waals surface area contributed by atoms with E-state index in [2.05, 4.69) is 0 Å². The van der Waals surface area contributed by atoms with Gasteiger partial charge in [0.1, 0.15) is 18.3 Å². The number of hydrogen-bond acceptors (Lipinski definition) is 6. The fraction of sp³-hybridized carbons (Fsp3) is 0.833. The van der Waals surface area contributed by atoms with Crippen LogP contribution in [0.15, 0.2) is 0 Å². The summed E-state index contributed by atoms with van der Waals surface area (Å²) in [5, 5.41) is 44.0. The Morgan fingerprint density at radius 1 is 1.25 bits per heavy atom. The van der Waals surface area contributed by atoms with Crippen LogP contribution < -0.4 is 0 Å². The van der Waals surface area contributed by atoms with E-state index in [4.69, 9.17) is 25.5 Å². The summed E-state index contributed by atoms with van der Waals surface area (Å²) in [7, 11) is 0. The van der Waals surface area contributed by atoms with E-state index in [0.717, 1.165) is 6.92 Å². The molecule has 0 heterocycles. The quantitative estimate of drug-likeness (QED) is 0.232. The van der Waals surface area contributed by atoms with Gasteiger partial charge in [0.05, 0.1) is 0 Å². The van der Waals surface area contributed by atoms with Crippen LogP contribution >= 0.6 is 0 Å². The molecule has 0 aliphatic heterocycles. The molecule has 3 atom stereocenters. The summed E-state index contributed by atoms with van der Waals surface area (Å²) in [6.07, 6.45) is -5.81. The lowest BCUT2D eigenvalue weighted by atomic mass is 10.0. The van der Waals surface area contributed by atoms with E-state index in [9.17, 15) is 4.79 Å². The van der Waals surface area contributed by atoms with E-state index < -0.39 is 24.1 Å². The highest BCUT2D eigenvalue weighted by atomic mass is 16.5.